The largest absolute Gasteiger partial charge is 0.508 e. The summed E-state index contributed by atoms with van der Waals surface area (Å²) in [6.45, 7) is 4.74. The normalized spacial score (nSPS) is 24.1. The van der Waals surface area contributed by atoms with Crippen LogP contribution in [0.2, 0.25) is 0 Å². The van der Waals surface area contributed by atoms with Crippen LogP contribution < -0.4 is 10.2 Å². The summed E-state index contributed by atoms with van der Waals surface area (Å²) in [4.78, 5) is 2.60. The summed E-state index contributed by atoms with van der Waals surface area (Å²) in [6.07, 6.45) is 6.08. The van der Waals surface area contributed by atoms with Gasteiger partial charge in [-0.05, 0) is 90.0 Å². The van der Waals surface area contributed by atoms with Crippen molar-refractivity contribution in [3.05, 3.63) is 95.1 Å². The van der Waals surface area contributed by atoms with Gasteiger partial charge in [0.2, 0.25) is 0 Å². The lowest BCUT2D eigenvalue weighted by Gasteiger charge is -2.42. The highest BCUT2D eigenvalue weighted by atomic mass is 16.3. The zero-order chi connectivity index (χ0) is 22.3. The molecule has 0 amide bonds. The first-order chi connectivity index (χ1) is 16.2. The first kappa shape index (κ1) is 20.8. The third-order valence-corrected chi connectivity index (χ3v) is 8.48. The van der Waals surface area contributed by atoms with Gasteiger partial charge in [-0.3, -0.25) is 0 Å². The number of hydrogen-bond donors (Lipinski definition) is 2. The number of benzene rings is 3. The standard InChI is InChI=1S/C30H34N2O/c33-26-12-14-28-24(19-26)9-13-27(22-5-2-1-3-6-22)29(28)23-7-10-25(11-8-23)32-17-4-15-30(16-18-32)20-31-21-30/h1-3,5-8,10-12,14,19,27,29,31,33H,4,9,13,15-18,20-21H2/t27-,29+/m1/s1. The Balaban J connectivity index is 1.31. The summed E-state index contributed by atoms with van der Waals surface area (Å²) < 4.78 is 0. The van der Waals surface area contributed by atoms with Crippen LogP contribution >= 0.6 is 0 Å². The molecule has 0 bridgehead atoms. The van der Waals surface area contributed by atoms with E-state index in [4.69, 9.17) is 0 Å². The number of phenols is 1. The van der Waals surface area contributed by atoms with E-state index in [-0.39, 0.29) is 0 Å². The number of phenolic OH excluding ortho intramolecular Hbond substituents is 1. The summed E-state index contributed by atoms with van der Waals surface area (Å²) >= 11 is 0. The molecule has 0 aromatic heterocycles. The fourth-order valence-electron chi connectivity index (χ4n) is 6.51. The summed E-state index contributed by atoms with van der Waals surface area (Å²) in [5.74, 6) is 1.15. The van der Waals surface area contributed by atoms with Crippen LogP contribution in [-0.4, -0.2) is 31.3 Å². The van der Waals surface area contributed by atoms with Crippen LogP contribution in [0.4, 0.5) is 5.69 Å². The predicted octanol–water partition coefficient (Wildman–Crippen LogP) is 5.83. The van der Waals surface area contributed by atoms with E-state index >= 15 is 0 Å². The van der Waals surface area contributed by atoms with Crippen LogP contribution in [0.15, 0.2) is 72.8 Å². The molecular formula is C30H34N2O. The Morgan fingerprint density at radius 3 is 2.42 bits per heavy atom. The van der Waals surface area contributed by atoms with Gasteiger partial charge < -0.3 is 15.3 Å². The maximum absolute atomic E-state index is 10.1. The van der Waals surface area contributed by atoms with Crippen molar-refractivity contribution in [2.24, 2.45) is 5.41 Å². The van der Waals surface area contributed by atoms with Crippen molar-refractivity contribution in [2.45, 2.75) is 43.9 Å². The van der Waals surface area contributed by atoms with Crippen LogP contribution in [0.3, 0.4) is 0 Å². The Hall–Kier alpha value is -2.78. The van der Waals surface area contributed by atoms with Gasteiger partial charge in [-0.15, -0.1) is 0 Å². The van der Waals surface area contributed by atoms with Gasteiger partial charge >= 0.3 is 0 Å². The highest BCUT2D eigenvalue weighted by Gasteiger charge is 2.38. The molecule has 0 radical (unpaired) electrons. The molecule has 3 aliphatic rings. The molecule has 2 atom stereocenters. The Kier molecular flexibility index (Phi) is 5.38. The maximum atomic E-state index is 10.1. The molecule has 2 heterocycles. The third kappa shape index (κ3) is 3.93. The molecule has 2 saturated heterocycles. The monoisotopic (exact) mass is 438 g/mol. The molecule has 33 heavy (non-hydrogen) atoms. The van der Waals surface area contributed by atoms with Gasteiger partial charge in [0.05, 0.1) is 0 Å². The Morgan fingerprint density at radius 1 is 0.848 bits per heavy atom. The SMILES string of the molecule is Oc1ccc2c(c1)CC[C@H](c1ccccc1)[C@@H]2c1ccc(N2CCCC3(CC2)CNC3)cc1. The summed E-state index contributed by atoms with van der Waals surface area (Å²) in [5, 5.41) is 13.6. The Bertz CT molecular complexity index is 1100. The highest BCUT2D eigenvalue weighted by Crippen LogP contribution is 2.47. The summed E-state index contributed by atoms with van der Waals surface area (Å²) in [7, 11) is 0. The quantitative estimate of drug-likeness (QED) is 0.540. The lowest BCUT2D eigenvalue weighted by Crippen LogP contribution is -2.53. The van der Waals surface area contributed by atoms with Gasteiger partial charge in [0.1, 0.15) is 5.75 Å². The van der Waals surface area contributed by atoms with Crippen molar-refractivity contribution in [1.82, 2.24) is 5.32 Å². The smallest absolute Gasteiger partial charge is 0.115 e. The lowest BCUT2D eigenvalue weighted by molar-refractivity contribution is 0.147. The van der Waals surface area contributed by atoms with Crippen molar-refractivity contribution in [3.8, 4) is 5.75 Å². The summed E-state index contributed by atoms with van der Waals surface area (Å²) in [6, 6.07) is 26.4. The third-order valence-electron chi connectivity index (χ3n) is 8.48. The zero-order valence-electron chi connectivity index (χ0n) is 19.3. The second-order valence-corrected chi connectivity index (χ2v) is 10.5. The van der Waals surface area contributed by atoms with Gasteiger partial charge in [0.15, 0.2) is 0 Å². The molecule has 3 aromatic rings. The summed E-state index contributed by atoms with van der Waals surface area (Å²) in [5.41, 5.74) is 7.39. The van der Waals surface area contributed by atoms with E-state index in [2.05, 4.69) is 70.9 Å². The fourth-order valence-corrected chi connectivity index (χ4v) is 6.51. The van der Waals surface area contributed by atoms with E-state index < -0.39 is 0 Å². The molecule has 6 rings (SSSR count). The Labute approximate surface area is 197 Å². The average Bonchev–Trinajstić information content (AvgIpc) is 3.08. The number of aryl methyl sites for hydroxylation is 1. The lowest BCUT2D eigenvalue weighted by atomic mass is 9.69. The van der Waals surface area contributed by atoms with Gasteiger partial charge in [-0.1, -0.05) is 48.5 Å². The molecule has 170 valence electrons. The van der Waals surface area contributed by atoms with E-state index in [1.165, 1.54) is 73.4 Å². The fraction of sp³-hybridized carbons (Fsp3) is 0.400. The first-order valence-electron chi connectivity index (χ1n) is 12.6. The number of nitrogens with one attached hydrogen (secondary N) is 1. The minimum Gasteiger partial charge on any atom is -0.508 e. The molecular weight excluding hydrogens is 404 g/mol. The van der Waals surface area contributed by atoms with E-state index in [0.717, 1.165) is 12.8 Å². The number of aromatic hydroxyl groups is 1. The van der Waals surface area contributed by atoms with Crippen molar-refractivity contribution in [1.29, 1.82) is 0 Å². The van der Waals surface area contributed by atoms with E-state index in [1.54, 1.807) is 0 Å². The van der Waals surface area contributed by atoms with Crippen molar-refractivity contribution < 1.29 is 5.11 Å². The molecule has 0 saturated carbocycles. The van der Waals surface area contributed by atoms with Gasteiger partial charge in [0.25, 0.3) is 0 Å². The van der Waals surface area contributed by atoms with Crippen LogP contribution in [0.25, 0.3) is 0 Å². The van der Waals surface area contributed by atoms with Crippen molar-refractivity contribution >= 4 is 5.69 Å². The molecule has 0 unspecified atom stereocenters. The van der Waals surface area contributed by atoms with Crippen LogP contribution in [0.5, 0.6) is 5.75 Å². The van der Waals surface area contributed by atoms with Gasteiger partial charge in [-0.2, -0.15) is 0 Å². The minimum atomic E-state index is 0.319. The maximum Gasteiger partial charge on any atom is 0.115 e. The predicted molar refractivity (Wildman–Crippen MR) is 135 cm³/mol. The Morgan fingerprint density at radius 2 is 1.67 bits per heavy atom. The molecule has 2 fully saturated rings. The molecule has 3 heteroatoms. The number of rotatable bonds is 3. The molecule has 2 N–H and O–H groups in total. The average molecular weight is 439 g/mol. The number of hydrogen-bond acceptors (Lipinski definition) is 3. The molecule has 2 aliphatic heterocycles. The van der Waals surface area contributed by atoms with Crippen LogP contribution in [0.1, 0.15) is 59.8 Å². The molecule has 3 aromatic carbocycles. The molecule has 1 spiro atoms. The van der Waals surface area contributed by atoms with Crippen molar-refractivity contribution in [2.75, 3.05) is 31.1 Å². The molecule has 1 aliphatic carbocycles. The number of anilines is 1. The van der Waals surface area contributed by atoms with E-state index in [9.17, 15) is 5.11 Å². The number of nitrogens with zero attached hydrogens (tertiary/aromatic N) is 1. The zero-order valence-corrected chi connectivity index (χ0v) is 19.3. The van der Waals surface area contributed by atoms with Gasteiger partial charge in [-0.25, -0.2) is 0 Å². The number of fused-ring (bicyclic) bond motifs is 1. The van der Waals surface area contributed by atoms with E-state index in [0.29, 0.717) is 23.0 Å². The molecule has 3 nitrogen and oxygen atoms in total. The minimum absolute atomic E-state index is 0.319. The van der Waals surface area contributed by atoms with Crippen molar-refractivity contribution in [3.63, 3.8) is 0 Å². The highest BCUT2D eigenvalue weighted by molar-refractivity contribution is 5.52. The van der Waals surface area contributed by atoms with Crippen LogP contribution in [-0.2, 0) is 6.42 Å². The first-order valence-corrected chi connectivity index (χ1v) is 12.6. The van der Waals surface area contributed by atoms with Crippen LogP contribution in [0, 0.1) is 5.41 Å². The van der Waals surface area contributed by atoms with E-state index in [1.807, 2.05) is 12.1 Å². The topological polar surface area (TPSA) is 35.5 Å². The second kappa shape index (κ2) is 8.53. The van der Waals surface area contributed by atoms with Gasteiger partial charge in [0, 0.05) is 37.8 Å². The second-order valence-electron chi connectivity index (χ2n) is 10.5.